The summed E-state index contributed by atoms with van der Waals surface area (Å²) < 4.78 is 25.7. The third-order valence-corrected chi connectivity index (χ3v) is 3.28. The lowest BCUT2D eigenvalue weighted by atomic mass is 10.1. The van der Waals surface area contributed by atoms with Crippen LogP contribution in [0, 0.1) is 21.8 Å². The van der Waals surface area contributed by atoms with E-state index in [2.05, 4.69) is 4.98 Å². The molecule has 0 aliphatic carbocycles. The fraction of sp³-hybridized carbons (Fsp3) is 0.333. The monoisotopic (exact) mass is 308 g/mol. The first kappa shape index (κ1) is 11.3. The van der Waals surface area contributed by atoms with Crippen molar-refractivity contribution in [2.24, 2.45) is 0 Å². The molecule has 1 aromatic rings. The molecular weight excluding hydrogens is 301 g/mol. The van der Waals surface area contributed by atoms with E-state index in [1.165, 1.54) is 6.20 Å². The molecule has 1 heterocycles. The quantitative estimate of drug-likeness (QED) is 0.788. The van der Waals surface area contributed by atoms with E-state index in [-0.39, 0.29) is 12.1 Å². The van der Waals surface area contributed by atoms with Gasteiger partial charge in [0.15, 0.2) is 0 Å². The summed E-state index contributed by atoms with van der Waals surface area (Å²) in [5, 5.41) is 8.52. The van der Waals surface area contributed by atoms with Gasteiger partial charge in [0.25, 0.3) is 6.43 Å². The average Bonchev–Trinajstić information content (AvgIpc) is 2.13. The highest BCUT2D eigenvalue weighted by Gasteiger charge is 2.17. The van der Waals surface area contributed by atoms with Crippen LogP contribution in [0.1, 0.15) is 23.2 Å². The maximum Gasteiger partial charge on any atom is 0.280 e. The van der Waals surface area contributed by atoms with Crippen molar-refractivity contribution in [2.45, 2.75) is 19.8 Å². The van der Waals surface area contributed by atoms with E-state index in [1.807, 2.05) is 28.7 Å². The number of rotatable bonds is 2. The van der Waals surface area contributed by atoms with Gasteiger partial charge in [0, 0.05) is 15.3 Å². The van der Waals surface area contributed by atoms with Crippen LogP contribution in [-0.2, 0) is 6.42 Å². The van der Waals surface area contributed by atoms with Gasteiger partial charge in [-0.3, -0.25) is 4.98 Å². The Kier molecular flexibility index (Phi) is 3.75. The second kappa shape index (κ2) is 4.64. The minimum Gasteiger partial charge on any atom is -0.255 e. The van der Waals surface area contributed by atoms with Crippen LogP contribution in [0.4, 0.5) is 8.78 Å². The van der Waals surface area contributed by atoms with Crippen LogP contribution in [0.5, 0.6) is 0 Å². The zero-order valence-corrected chi connectivity index (χ0v) is 9.55. The third kappa shape index (κ3) is 2.18. The summed E-state index contributed by atoms with van der Waals surface area (Å²) in [4.78, 5) is 3.65. The van der Waals surface area contributed by atoms with E-state index >= 15 is 0 Å². The van der Waals surface area contributed by atoms with E-state index < -0.39 is 6.43 Å². The van der Waals surface area contributed by atoms with Crippen LogP contribution in [0.25, 0.3) is 0 Å². The summed E-state index contributed by atoms with van der Waals surface area (Å²) in [7, 11) is 0. The molecule has 0 radical (unpaired) electrons. The van der Waals surface area contributed by atoms with Gasteiger partial charge in [-0.05, 0) is 35.1 Å². The van der Waals surface area contributed by atoms with E-state index in [0.29, 0.717) is 9.13 Å². The average molecular weight is 308 g/mol. The molecule has 0 aliphatic rings. The van der Waals surface area contributed by atoms with Crippen molar-refractivity contribution in [3.05, 3.63) is 26.6 Å². The molecule has 0 N–H and O–H groups in total. The molecule has 1 aromatic heterocycles. The normalized spacial score (nSPS) is 10.3. The summed E-state index contributed by atoms with van der Waals surface area (Å²) >= 11 is 1.96. The first-order valence-electron chi connectivity index (χ1n) is 3.87. The second-order valence-corrected chi connectivity index (χ2v) is 3.83. The zero-order chi connectivity index (χ0) is 10.7. The van der Waals surface area contributed by atoms with Crippen LogP contribution >= 0.6 is 22.6 Å². The first-order chi connectivity index (χ1) is 6.57. The fourth-order valence-corrected chi connectivity index (χ4v) is 1.69. The van der Waals surface area contributed by atoms with Gasteiger partial charge >= 0.3 is 0 Å². The number of halogens is 3. The topological polar surface area (TPSA) is 36.7 Å². The lowest BCUT2D eigenvalue weighted by molar-refractivity contribution is 0.145. The highest BCUT2D eigenvalue weighted by molar-refractivity contribution is 14.1. The summed E-state index contributed by atoms with van der Waals surface area (Å²) in [6.07, 6.45) is -1.23. The standard InChI is InChI=1S/C9H7F2IN2/c1-5-4-14-8(9(10)11)6(2-3-13)7(5)12/h4,9H,2H2,1H3. The van der Waals surface area contributed by atoms with Gasteiger partial charge in [0.1, 0.15) is 5.69 Å². The molecule has 0 atom stereocenters. The second-order valence-electron chi connectivity index (χ2n) is 2.75. The molecule has 2 nitrogen and oxygen atoms in total. The van der Waals surface area contributed by atoms with Gasteiger partial charge in [-0.15, -0.1) is 0 Å². The number of aromatic nitrogens is 1. The van der Waals surface area contributed by atoms with E-state index in [1.54, 1.807) is 6.92 Å². The molecule has 0 unspecified atom stereocenters. The van der Waals surface area contributed by atoms with Gasteiger partial charge in [-0.25, -0.2) is 8.78 Å². The molecule has 74 valence electrons. The van der Waals surface area contributed by atoms with Gasteiger partial charge in [-0.2, -0.15) is 5.26 Å². The maximum atomic E-state index is 12.5. The molecule has 0 aromatic carbocycles. The zero-order valence-electron chi connectivity index (χ0n) is 7.39. The van der Waals surface area contributed by atoms with Crippen LogP contribution in [0.15, 0.2) is 6.20 Å². The van der Waals surface area contributed by atoms with E-state index in [4.69, 9.17) is 5.26 Å². The number of nitrogens with zero attached hydrogens (tertiary/aromatic N) is 2. The Balaban J connectivity index is 3.31. The van der Waals surface area contributed by atoms with Gasteiger partial charge in [0.05, 0.1) is 12.5 Å². The van der Waals surface area contributed by atoms with Crippen molar-refractivity contribution >= 4 is 22.6 Å². The Morgan fingerprint density at radius 3 is 2.79 bits per heavy atom. The minimum atomic E-state index is -2.62. The third-order valence-electron chi connectivity index (χ3n) is 1.78. The number of alkyl halides is 2. The van der Waals surface area contributed by atoms with Gasteiger partial charge in [0.2, 0.25) is 0 Å². The molecule has 0 spiro atoms. The Morgan fingerprint density at radius 1 is 1.64 bits per heavy atom. The van der Waals surface area contributed by atoms with Crippen molar-refractivity contribution in [2.75, 3.05) is 0 Å². The van der Waals surface area contributed by atoms with Crippen molar-refractivity contribution in [1.29, 1.82) is 5.26 Å². The molecule has 0 saturated heterocycles. The predicted molar refractivity (Wildman–Crippen MR) is 56.0 cm³/mol. The molecule has 1 rings (SSSR count). The maximum absolute atomic E-state index is 12.5. The molecule has 0 bridgehead atoms. The highest BCUT2D eigenvalue weighted by Crippen LogP contribution is 2.26. The highest BCUT2D eigenvalue weighted by atomic mass is 127. The van der Waals surface area contributed by atoms with Crippen molar-refractivity contribution in [3.63, 3.8) is 0 Å². The Bertz CT molecular complexity index is 385. The molecule has 0 fully saturated rings. The Hall–Kier alpha value is -0.770. The molecule has 0 saturated carbocycles. The van der Waals surface area contributed by atoms with E-state index in [0.717, 1.165) is 5.56 Å². The lowest BCUT2D eigenvalue weighted by Gasteiger charge is -2.08. The molecule has 5 heteroatoms. The number of aryl methyl sites for hydroxylation is 1. The van der Waals surface area contributed by atoms with Crippen molar-refractivity contribution < 1.29 is 8.78 Å². The van der Waals surface area contributed by atoms with Crippen LogP contribution < -0.4 is 0 Å². The number of hydrogen-bond acceptors (Lipinski definition) is 2. The molecule has 0 aliphatic heterocycles. The van der Waals surface area contributed by atoms with Crippen LogP contribution in [0.3, 0.4) is 0 Å². The summed E-state index contributed by atoms with van der Waals surface area (Å²) in [6.45, 7) is 1.78. The predicted octanol–water partition coefficient (Wildman–Crippen LogP) is 3.00. The van der Waals surface area contributed by atoms with Gasteiger partial charge in [-0.1, -0.05) is 0 Å². The number of nitriles is 1. The molecule has 0 amide bonds. The fourth-order valence-electron chi connectivity index (χ4n) is 1.09. The number of hydrogen-bond donors (Lipinski definition) is 0. The minimum absolute atomic E-state index is 0.0212. The van der Waals surface area contributed by atoms with Crippen molar-refractivity contribution in [1.82, 2.24) is 4.98 Å². The largest absolute Gasteiger partial charge is 0.280 e. The molecule has 14 heavy (non-hydrogen) atoms. The SMILES string of the molecule is Cc1cnc(C(F)F)c(CC#N)c1I. The molecular formula is C9H7F2IN2. The first-order valence-corrected chi connectivity index (χ1v) is 4.94. The van der Waals surface area contributed by atoms with Crippen LogP contribution in [-0.4, -0.2) is 4.98 Å². The Labute approximate surface area is 94.1 Å². The lowest BCUT2D eigenvalue weighted by Crippen LogP contribution is -2.02. The van der Waals surface area contributed by atoms with Crippen LogP contribution in [0.2, 0.25) is 0 Å². The smallest absolute Gasteiger partial charge is 0.255 e. The van der Waals surface area contributed by atoms with Gasteiger partial charge < -0.3 is 0 Å². The summed E-state index contributed by atoms with van der Waals surface area (Å²) in [5.41, 5.74) is 0.893. The summed E-state index contributed by atoms with van der Waals surface area (Å²) in [5.74, 6) is 0. The number of pyridine rings is 1. The van der Waals surface area contributed by atoms with E-state index in [9.17, 15) is 8.78 Å². The van der Waals surface area contributed by atoms with Crippen molar-refractivity contribution in [3.8, 4) is 6.07 Å². The Morgan fingerprint density at radius 2 is 2.29 bits per heavy atom. The summed E-state index contributed by atoms with van der Waals surface area (Å²) in [6, 6.07) is 1.87.